The van der Waals surface area contributed by atoms with E-state index in [2.05, 4.69) is 36.4 Å². The highest BCUT2D eigenvalue weighted by Gasteiger charge is 2.27. The second kappa shape index (κ2) is 15.5. The van der Waals surface area contributed by atoms with Gasteiger partial charge in [0.25, 0.3) is 0 Å². The number of hydrogen-bond acceptors (Lipinski definition) is 4. The molecule has 180 valence electrons. The van der Waals surface area contributed by atoms with Crippen LogP contribution in [0, 0.1) is 5.92 Å². The van der Waals surface area contributed by atoms with Gasteiger partial charge in [-0.15, -0.1) is 0 Å². The number of aryl methyl sites for hydroxylation is 2. The van der Waals surface area contributed by atoms with E-state index < -0.39 is 11.9 Å². The number of ether oxygens (including phenoxy) is 1. The number of methoxy groups -OCH3 is 1. The van der Waals surface area contributed by atoms with Crippen LogP contribution in [0.25, 0.3) is 0 Å². The monoisotopic (exact) mass is 470 g/mol. The van der Waals surface area contributed by atoms with Crippen LogP contribution in [0.3, 0.4) is 0 Å². The number of rotatable bonds is 16. The summed E-state index contributed by atoms with van der Waals surface area (Å²) in [4.78, 5) is 23.2. The summed E-state index contributed by atoms with van der Waals surface area (Å²) in [5.41, 5.74) is 3.74. The number of benzene rings is 2. The van der Waals surface area contributed by atoms with Gasteiger partial charge in [0.1, 0.15) is 0 Å². The van der Waals surface area contributed by atoms with Gasteiger partial charge in [0.2, 0.25) is 0 Å². The molecule has 4 nitrogen and oxygen atoms in total. The smallest absolute Gasteiger partial charge is 0.307 e. The Bertz CT molecular complexity index is 837. The third-order valence-corrected chi connectivity index (χ3v) is 7.50. The van der Waals surface area contributed by atoms with E-state index >= 15 is 0 Å². The molecule has 0 aromatic heterocycles. The fourth-order valence-electron chi connectivity index (χ4n) is 4.04. The molecule has 2 atom stereocenters. The van der Waals surface area contributed by atoms with E-state index in [1.54, 1.807) is 6.92 Å². The molecule has 0 saturated heterocycles. The summed E-state index contributed by atoms with van der Waals surface area (Å²) in [5, 5.41) is 9.46. The Morgan fingerprint density at radius 2 is 1.48 bits per heavy atom. The van der Waals surface area contributed by atoms with Crippen LogP contribution < -0.4 is 0 Å². The molecule has 0 fully saturated rings. The highest BCUT2D eigenvalue weighted by molar-refractivity contribution is 7.99. The summed E-state index contributed by atoms with van der Waals surface area (Å²) in [5.74, 6) is -1.05. The van der Waals surface area contributed by atoms with Crippen molar-refractivity contribution in [1.29, 1.82) is 0 Å². The molecule has 2 aromatic carbocycles. The van der Waals surface area contributed by atoms with Crippen molar-refractivity contribution in [3.8, 4) is 0 Å². The van der Waals surface area contributed by atoms with Crippen molar-refractivity contribution >= 4 is 23.7 Å². The first-order valence-corrected chi connectivity index (χ1v) is 13.1. The van der Waals surface area contributed by atoms with E-state index in [9.17, 15) is 14.7 Å². The zero-order valence-corrected chi connectivity index (χ0v) is 20.8. The van der Waals surface area contributed by atoms with Gasteiger partial charge in [-0.25, -0.2) is 0 Å². The standard InChI is InChI=1S/C28H38O4S/c1-22(28(30)31)27(33-21-20-26(29)32-2)25-19-13-12-18-24(25)17-11-6-4-3-5-8-14-23-15-9-7-10-16-23/h7,9-10,12-13,15-16,18-19,22,27H,3-6,8,11,14,17,20-21H2,1-2H3,(H,30,31). The van der Waals surface area contributed by atoms with Crippen molar-refractivity contribution in [2.24, 2.45) is 5.92 Å². The zero-order chi connectivity index (χ0) is 23.9. The first-order chi connectivity index (χ1) is 16.0. The van der Waals surface area contributed by atoms with Crippen LogP contribution in [0.15, 0.2) is 54.6 Å². The van der Waals surface area contributed by atoms with Gasteiger partial charge in [0.05, 0.1) is 19.4 Å². The number of carboxylic acids is 1. The van der Waals surface area contributed by atoms with Gasteiger partial charge in [0, 0.05) is 11.0 Å². The second-order valence-corrected chi connectivity index (χ2v) is 9.80. The molecule has 5 heteroatoms. The summed E-state index contributed by atoms with van der Waals surface area (Å²) in [6, 6.07) is 18.9. The molecule has 0 spiro atoms. The summed E-state index contributed by atoms with van der Waals surface area (Å²) < 4.78 is 4.72. The van der Waals surface area contributed by atoms with Gasteiger partial charge in [-0.2, -0.15) is 11.8 Å². The van der Waals surface area contributed by atoms with E-state index in [0.717, 1.165) is 24.8 Å². The molecule has 0 bridgehead atoms. The van der Waals surface area contributed by atoms with Gasteiger partial charge in [-0.1, -0.05) is 87.2 Å². The molecule has 2 unspecified atom stereocenters. The number of unbranched alkanes of at least 4 members (excludes halogenated alkanes) is 5. The van der Waals surface area contributed by atoms with E-state index in [1.165, 1.54) is 62.1 Å². The van der Waals surface area contributed by atoms with Crippen molar-refractivity contribution in [3.05, 3.63) is 71.3 Å². The van der Waals surface area contributed by atoms with Gasteiger partial charge >= 0.3 is 11.9 Å². The minimum Gasteiger partial charge on any atom is -0.481 e. The van der Waals surface area contributed by atoms with E-state index in [4.69, 9.17) is 4.74 Å². The lowest BCUT2D eigenvalue weighted by Gasteiger charge is -2.23. The third-order valence-electron chi connectivity index (χ3n) is 6.04. The largest absolute Gasteiger partial charge is 0.481 e. The first-order valence-electron chi connectivity index (χ1n) is 12.1. The lowest BCUT2D eigenvalue weighted by molar-refractivity contribution is -0.141. The Kier molecular flexibility index (Phi) is 12.7. The van der Waals surface area contributed by atoms with E-state index in [0.29, 0.717) is 5.75 Å². The highest BCUT2D eigenvalue weighted by Crippen LogP contribution is 2.38. The van der Waals surface area contributed by atoms with Gasteiger partial charge in [0.15, 0.2) is 0 Å². The summed E-state index contributed by atoms with van der Waals surface area (Å²) >= 11 is 1.54. The van der Waals surface area contributed by atoms with Crippen molar-refractivity contribution in [1.82, 2.24) is 0 Å². The maximum Gasteiger partial charge on any atom is 0.307 e. The molecular formula is C28H38O4S. The fraction of sp³-hybridized carbons (Fsp3) is 0.500. The predicted molar refractivity (Wildman–Crippen MR) is 137 cm³/mol. The normalized spacial score (nSPS) is 12.8. The number of thioether (sulfide) groups is 1. The van der Waals surface area contributed by atoms with Crippen LogP contribution in [-0.4, -0.2) is 29.9 Å². The Morgan fingerprint density at radius 3 is 2.15 bits per heavy atom. The Morgan fingerprint density at radius 1 is 0.879 bits per heavy atom. The number of aliphatic carboxylic acids is 1. The number of hydrogen-bond donors (Lipinski definition) is 1. The highest BCUT2D eigenvalue weighted by atomic mass is 32.2. The van der Waals surface area contributed by atoms with Gasteiger partial charge < -0.3 is 9.84 Å². The summed E-state index contributed by atoms with van der Waals surface area (Å²) in [7, 11) is 1.38. The molecule has 2 aromatic rings. The maximum atomic E-state index is 11.7. The minimum absolute atomic E-state index is 0.179. The van der Waals surface area contributed by atoms with Gasteiger partial charge in [-0.3, -0.25) is 9.59 Å². The quantitative estimate of drug-likeness (QED) is 0.214. The molecule has 0 aliphatic heterocycles. The first kappa shape index (κ1) is 27.0. The van der Waals surface area contributed by atoms with Crippen molar-refractivity contribution in [3.63, 3.8) is 0 Å². The molecule has 0 aliphatic carbocycles. The van der Waals surface area contributed by atoms with Crippen LogP contribution >= 0.6 is 11.8 Å². The molecule has 0 aliphatic rings. The van der Waals surface area contributed by atoms with Crippen molar-refractivity contribution < 1.29 is 19.4 Å². The number of carbonyl (C=O) groups is 2. The minimum atomic E-state index is -0.809. The lowest BCUT2D eigenvalue weighted by atomic mass is 9.93. The molecule has 0 saturated carbocycles. The average molecular weight is 471 g/mol. The zero-order valence-electron chi connectivity index (χ0n) is 20.0. The maximum absolute atomic E-state index is 11.7. The second-order valence-electron chi connectivity index (χ2n) is 8.55. The van der Waals surface area contributed by atoms with Crippen LogP contribution in [0.5, 0.6) is 0 Å². The molecular weight excluding hydrogens is 432 g/mol. The molecule has 33 heavy (non-hydrogen) atoms. The van der Waals surface area contributed by atoms with Crippen molar-refractivity contribution in [2.75, 3.05) is 12.9 Å². The van der Waals surface area contributed by atoms with Crippen LogP contribution in [0.2, 0.25) is 0 Å². The van der Waals surface area contributed by atoms with Crippen LogP contribution in [-0.2, 0) is 27.2 Å². The van der Waals surface area contributed by atoms with E-state index in [-0.39, 0.29) is 17.6 Å². The lowest BCUT2D eigenvalue weighted by Crippen LogP contribution is -2.19. The van der Waals surface area contributed by atoms with Gasteiger partial charge in [-0.05, 0) is 42.4 Å². The SMILES string of the molecule is COC(=O)CCSC(c1ccccc1CCCCCCCCc1ccccc1)C(C)C(=O)O. The average Bonchev–Trinajstić information content (AvgIpc) is 2.84. The number of carboxylic acid groups (broad SMARTS) is 1. The molecule has 1 N–H and O–H groups in total. The van der Waals surface area contributed by atoms with Crippen LogP contribution in [0.1, 0.15) is 73.8 Å². The molecule has 0 heterocycles. The van der Waals surface area contributed by atoms with E-state index in [1.807, 2.05) is 18.2 Å². The van der Waals surface area contributed by atoms with Crippen LogP contribution in [0.4, 0.5) is 0 Å². The topological polar surface area (TPSA) is 63.6 Å². The number of esters is 1. The summed E-state index contributed by atoms with van der Waals surface area (Å²) in [6.07, 6.45) is 9.70. The summed E-state index contributed by atoms with van der Waals surface area (Å²) in [6.45, 7) is 1.75. The third kappa shape index (κ3) is 10.0. The molecule has 0 amide bonds. The Labute approximate surface area is 203 Å². The fourth-order valence-corrected chi connectivity index (χ4v) is 5.39. The van der Waals surface area contributed by atoms with Crippen molar-refractivity contribution in [2.45, 2.75) is 70.0 Å². The Hall–Kier alpha value is -2.27. The number of carbonyl (C=O) groups excluding carboxylic acids is 1. The predicted octanol–water partition coefficient (Wildman–Crippen LogP) is 6.87. The Balaban J connectivity index is 1.81. The molecule has 0 radical (unpaired) electrons. The molecule has 2 rings (SSSR count).